The second-order valence-electron chi connectivity index (χ2n) is 4.73. The fourth-order valence-corrected chi connectivity index (χ4v) is 5.51. The van der Waals surface area contributed by atoms with Crippen molar-refractivity contribution in [2.45, 2.75) is 49.9 Å². The molecule has 1 aliphatic heterocycles. The van der Waals surface area contributed by atoms with Crippen molar-refractivity contribution in [3.63, 3.8) is 0 Å². The van der Waals surface area contributed by atoms with Gasteiger partial charge in [-0.15, -0.1) is 0 Å². The fraction of sp³-hybridized carbons (Fsp3) is 1.00. The first-order valence-electron chi connectivity index (χ1n) is 6.25. The predicted molar refractivity (Wildman–Crippen MR) is 70.8 cm³/mol. The van der Waals surface area contributed by atoms with Crippen molar-refractivity contribution in [3.8, 4) is 0 Å². The van der Waals surface area contributed by atoms with Gasteiger partial charge in [-0.2, -0.15) is 23.5 Å². The highest BCUT2D eigenvalue weighted by atomic mass is 32.2. The average molecular weight is 246 g/mol. The first kappa shape index (κ1) is 12.1. The van der Waals surface area contributed by atoms with Crippen LogP contribution in [-0.4, -0.2) is 33.7 Å². The molecule has 0 bridgehead atoms. The summed E-state index contributed by atoms with van der Waals surface area (Å²) in [5, 5.41) is 10.9. The number of hydrogen-bond donors (Lipinski definition) is 1. The maximum Gasteiger partial charge on any atom is 0.0694 e. The van der Waals surface area contributed by atoms with Crippen LogP contribution in [0.1, 0.15) is 38.5 Å². The third-order valence-electron chi connectivity index (χ3n) is 3.61. The predicted octanol–water partition coefficient (Wildman–Crippen LogP) is 3.17. The van der Waals surface area contributed by atoms with Gasteiger partial charge in [0.25, 0.3) is 0 Å². The van der Waals surface area contributed by atoms with Crippen molar-refractivity contribution in [1.82, 2.24) is 0 Å². The first-order chi connectivity index (χ1) is 7.38. The van der Waals surface area contributed by atoms with Crippen molar-refractivity contribution in [1.29, 1.82) is 0 Å². The Balaban J connectivity index is 1.83. The Labute approximate surface area is 102 Å². The van der Waals surface area contributed by atoms with E-state index in [0.717, 1.165) is 0 Å². The summed E-state index contributed by atoms with van der Waals surface area (Å²) in [5.41, 5.74) is 0. The van der Waals surface area contributed by atoms with Gasteiger partial charge in [-0.25, -0.2) is 0 Å². The van der Waals surface area contributed by atoms with Crippen LogP contribution in [0.2, 0.25) is 0 Å². The summed E-state index contributed by atoms with van der Waals surface area (Å²) in [7, 11) is 0. The van der Waals surface area contributed by atoms with Crippen LogP contribution in [0.5, 0.6) is 0 Å². The average Bonchev–Trinajstić information content (AvgIpc) is 2.58. The highest BCUT2D eigenvalue weighted by Gasteiger charge is 2.29. The molecular weight excluding hydrogens is 224 g/mol. The van der Waals surface area contributed by atoms with E-state index in [0.29, 0.717) is 11.2 Å². The summed E-state index contributed by atoms with van der Waals surface area (Å²) in [5.74, 6) is 4.28. The van der Waals surface area contributed by atoms with Crippen molar-refractivity contribution in [2.75, 3.05) is 17.3 Å². The molecule has 2 rings (SSSR count). The van der Waals surface area contributed by atoms with Gasteiger partial charge >= 0.3 is 0 Å². The minimum atomic E-state index is -0.0269. The lowest BCUT2D eigenvalue weighted by Gasteiger charge is -2.31. The minimum Gasteiger partial charge on any atom is -0.392 e. The van der Waals surface area contributed by atoms with Gasteiger partial charge in [0.05, 0.1) is 6.10 Å². The van der Waals surface area contributed by atoms with E-state index in [4.69, 9.17) is 0 Å². The zero-order valence-corrected chi connectivity index (χ0v) is 11.0. The van der Waals surface area contributed by atoms with Crippen LogP contribution >= 0.6 is 23.5 Å². The molecule has 0 aromatic rings. The Hall–Kier alpha value is 0.660. The molecule has 1 nitrogen and oxygen atoms in total. The molecule has 0 aromatic heterocycles. The molecule has 3 heteroatoms. The molecule has 88 valence electrons. The standard InChI is InChI=1S/C12H22OS2/c13-12(11-9-14-7-8-15-11)10-5-3-1-2-4-6-10/h10-13H,1-9H2. The molecule has 2 atom stereocenters. The topological polar surface area (TPSA) is 20.2 Å². The lowest BCUT2D eigenvalue weighted by Crippen LogP contribution is -2.35. The fourth-order valence-electron chi connectivity index (χ4n) is 2.66. The van der Waals surface area contributed by atoms with Crippen LogP contribution in [-0.2, 0) is 0 Å². The van der Waals surface area contributed by atoms with Crippen LogP contribution in [0.4, 0.5) is 0 Å². The zero-order chi connectivity index (χ0) is 10.5. The SMILES string of the molecule is OC(C1CCCCCC1)C1CSCCS1. The number of hydrogen-bond acceptors (Lipinski definition) is 3. The van der Waals surface area contributed by atoms with E-state index in [1.54, 1.807) is 0 Å². The van der Waals surface area contributed by atoms with E-state index in [1.807, 2.05) is 23.5 Å². The lowest BCUT2D eigenvalue weighted by molar-refractivity contribution is 0.101. The van der Waals surface area contributed by atoms with Crippen molar-refractivity contribution < 1.29 is 5.11 Å². The Kier molecular flexibility index (Phi) is 5.18. The van der Waals surface area contributed by atoms with Gasteiger partial charge in [0.1, 0.15) is 0 Å². The normalized spacial score (nSPS) is 32.2. The maximum absolute atomic E-state index is 10.4. The molecule has 2 unspecified atom stereocenters. The monoisotopic (exact) mass is 246 g/mol. The summed E-state index contributed by atoms with van der Waals surface area (Å²) >= 11 is 4.02. The van der Waals surface area contributed by atoms with Gasteiger partial charge in [-0.05, 0) is 18.8 Å². The Morgan fingerprint density at radius 3 is 2.33 bits per heavy atom. The summed E-state index contributed by atoms with van der Waals surface area (Å²) in [6.07, 6.45) is 7.96. The highest BCUT2D eigenvalue weighted by molar-refractivity contribution is 8.06. The van der Waals surface area contributed by atoms with E-state index in [9.17, 15) is 5.11 Å². The van der Waals surface area contributed by atoms with Gasteiger partial charge in [-0.3, -0.25) is 0 Å². The van der Waals surface area contributed by atoms with Crippen molar-refractivity contribution in [3.05, 3.63) is 0 Å². The number of thioether (sulfide) groups is 2. The molecule has 0 amide bonds. The number of rotatable bonds is 2. The van der Waals surface area contributed by atoms with Gasteiger partial charge in [0.15, 0.2) is 0 Å². The van der Waals surface area contributed by atoms with Crippen LogP contribution < -0.4 is 0 Å². The molecule has 1 saturated heterocycles. The highest BCUT2D eigenvalue weighted by Crippen LogP contribution is 2.34. The second-order valence-corrected chi connectivity index (χ2v) is 7.22. The Bertz CT molecular complexity index is 172. The van der Waals surface area contributed by atoms with E-state index in [-0.39, 0.29) is 6.10 Å². The number of aliphatic hydroxyl groups excluding tert-OH is 1. The quantitative estimate of drug-likeness (QED) is 0.756. The number of aliphatic hydroxyl groups is 1. The summed E-state index contributed by atoms with van der Waals surface area (Å²) in [6, 6.07) is 0. The van der Waals surface area contributed by atoms with Crippen LogP contribution in [0.15, 0.2) is 0 Å². The van der Waals surface area contributed by atoms with Gasteiger partial charge in [-0.1, -0.05) is 25.7 Å². The molecule has 1 N–H and O–H groups in total. The summed E-state index contributed by atoms with van der Waals surface area (Å²) < 4.78 is 0. The Morgan fingerprint density at radius 1 is 1.00 bits per heavy atom. The molecule has 15 heavy (non-hydrogen) atoms. The molecule has 2 aliphatic rings. The zero-order valence-electron chi connectivity index (χ0n) is 9.36. The van der Waals surface area contributed by atoms with Gasteiger partial charge in [0, 0.05) is 22.5 Å². The molecule has 1 saturated carbocycles. The summed E-state index contributed by atoms with van der Waals surface area (Å²) in [6.45, 7) is 0. The minimum absolute atomic E-state index is 0.0269. The molecule has 1 heterocycles. The van der Waals surface area contributed by atoms with E-state index < -0.39 is 0 Å². The second kappa shape index (κ2) is 6.41. The molecule has 0 aromatic carbocycles. The summed E-state index contributed by atoms with van der Waals surface area (Å²) in [4.78, 5) is 0. The lowest BCUT2D eigenvalue weighted by atomic mass is 9.92. The molecular formula is C12H22OS2. The molecule has 0 radical (unpaired) electrons. The van der Waals surface area contributed by atoms with E-state index in [1.165, 1.54) is 55.8 Å². The molecule has 0 spiro atoms. The first-order valence-corrected chi connectivity index (χ1v) is 8.45. The van der Waals surface area contributed by atoms with E-state index >= 15 is 0 Å². The van der Waals surface area contributed by atoms with Crippen molar-refractivity contribution in [2.24, 2.45) is 5.92 Å². The van der Waals surface area contributed by atoms with Gasteiger partial charge in [0.2, 0.25) is 0 Å². The van der Waals surface area contributed by atoms with E-state index in [2.05, 4.69) is 0 Å². The van der Waals surface area contributed by atoms with Crippen LogP contribution in [0.25, 0.3) is 0 Å². The largest absolute Gasteiger partial charge is 0.392 e. The van der Waals surface area contributed by atoms with Crippen molar-refractivity contribution >= 4 is 23.5 Å². The molecule has 2 fully saturated rings. The Morgan fingerprint density at radius 2 is 1.73 bits per heavy atom. The van der Waals surface area contributed by atoms with Crippen LogP contribution in [0.3, 0.4) is 0 Å². The van der Waals surface area contributed by atoms with Gasteiger partial charge < -0.3 is 5.11 Å². The molecule has 1 aliphatic carbocycles. The maximum atomic E-state index is 10.4. The third kappa shape index (κ3) is 3.57. The van der Waals surface area contributed by atoms with Crippen LogP contribution in [0, 0.1) is 5.92 Å². The smallest absolute Gasteiger partial charge is 0.0694 e. The third-order valence-corrected chi connectivity index (χ3v) is 6.48.